The van der Waals surface area contributed by atoms with Gasteiger partial charge in [-0.15, -0.1) is 0 Å². The van der Waals surface area contributed by atoms with Crippen LogP contribution in [-0.4, -0.2) is 16.1 Å². The summed E-state index contributed by atoms with van der Waals surface area (Å²) in [5, 5.41) is 9.25. The van der Waals surface area contributed by atoms with E-state index < -0.39 is 5.97 Å². The number of ether oxygens (including phenoxy) is 1. The number of carbonyl (C=O) groups is 1. The van der Waals surface area contributed by atoms with Gasteiger partial charge in [0.05, 0.1) is 0 Å². The third kappa shape index (κ3) is 3.40. The van der Waals surface area contributed by atoms with Gasteiger partial charge in [0.1, 0.15) is 17.1 Å². The van der Waals surface area contributed by atoms with Crippen molar-refractivity contribution >= 4 is 5.97 Å². The highest BCUT2D eigenvalue weighted by molar-refractivity contribution is 5.90. The first-order valence-electron chi connectivity index (χ1n) is 6.87. The SMILES string of the molecule is Cc1ccc(C(C)C)c(Oc2cc(C)ncc2C(=O)O)c1. The molecule has 1 aromatic heterocycles. The van der Waals surface area contributed by atoms with Crippen molar-refractivity contribution in [2.24, 2.45) is 0 Å². The molecule has 110 valence electrons. The fourth-order valence-electron chi connectivity index (χ4n) is 2.11. The number of benzene rings is 1. The van der Waals surface area contributed by atoms with Crippen molar-refractivity contribution in [1.29, 1.82) is 0 Å². The van der Waals surface area contributed by atoms with Gasteiger partial charge in [0.2, 0.25) is 0 Å². The van der Waals surface area contributed by atoms with Gasteiger partial charge in [0, 0.05) is 18.0 Å². The van der Waals surface area contributed by atoms with Gasteiger partial charge < -0.3 is 9.84 Å². The van der Waals surface area contributed by atoms with Crippen LogP contribution in [0.15, 0.2) is 30.5 Å². The maximum absolute atomic E-state index is 11.3. The Labute approximate surface area is 124 Å². The molecule has 0 saturated carbocycles. The van der Waals surface area contributed by atoms with Crippen molar-refractivity contribution in [3.63, 3.8) is 0 Å². The number of nitrogens with zero attached hydrogens (tertiary/aromatic N) is 1. The third-order valence-corrected chi connectivity index (χ3v) is 3.24. The van der Waals surface area contributed by atoms with E-state index in [-0.39, 0.29) is 11.5 Å². The van der Waals surface area contributed by atoms with E-state index in [0.717, 1.165) is 11.1 Å². The summed E-state index contributed by atoms with van der Waals surface area (Å²) in [4.78, 5) is 15.3. The molecule has 1 aromatic carbocycles. The number of carboxylic acid groups (broad SMARTS) is 1. The molecular formula is C17H19NO3. The van der Waals surface area contributed by atoms with E-state index in [1.165, 1.54) is 6.20 Å². The quantitative estimate of drug-likeness (QED) is 0.909. The molecule has 0 aliphatic heterocycles. The minimum Gasteiger partial charge on any atom is -0.477 e. The molecule has 0 unspecified atom stereocenters. The predicted molar refractivity (Wildman–Crippen MR) is 81.3 cm³/mol. The maximum Gasteiger partial charge on any atom is 0.341 e. The van der Waals surface area contributed by atoms with Crippen LogP contribution in [0.5, 0.6) is 11.5 Å². The number of aryl methyl sites for hydroxylation is 2. The molecule has 2 rings (SSSR count). The zero-order chi connectivity index (χ0) is 15.6. The molecule has 0 fully saturated rings. The van der Waals surface area contributed by atoms with E-state index in [4.69, 9.17) is 4.74 Å². The number of aromatic nitrogens is 1. The molecule has 0 aliphatic rings. The molecule has 1 N–H and O–H groups in total. The Kier molecular flexibility index (Phi) is 4.26. The molecular weight excluding hydrogens is 266 g/mol. The van der Waals surface area contributed by atoms with Crippen LogP contribution in [0, 0.1) is 13.8 Å². The van der Waals surface area contributed by atoms with Crippen molar-refractivity contribution in [2.75, 3.05) is 0 Å². The van der Waals surface area contributed by atoms with Crippen LogP contribution in [0.3, 0.4) is 0 Å². The summed E-state index contributed by atoms with van der Waals surface area (Å²) in [5.41, 5.74) is 2.90. The lowest BCUT2D eigenvalue weighted by molar-refractivity contribution is 0.0693. The fourth-order valence-corrected chi connectivity index (χ4v) is 2.11. The number of pyridine rings is 1. The summed E-state index contributed by atoms with van der Waals surface area (Å²) >= 11 is 0. The molecule has 0 bridgehead atoms. The predicted octanol–water partition coefficient (Wildman–Crippen LogP) is 4.31. The summed E-state index contributed by atoms with van der Waals surface area (Å²) in [6, 6.07) is 7.62. The molecule has 0 radical (unpaired) electrons. The van der Waals surface area contributed by atoms with E-state index in [9.17, 15) is 9.90 Å². The molecule has 0 spiro atoms. The average molecular weight is 285 g/mol. The topological polar surface area (TPSA) is 59.4 Å². The molecule has 2 aromatic rings. The van der Waals surface area contributed by atoms with Gasteiger partial charge in [0.15, 0.2) is 0 Å². The second-order valence-corrected chi connectivity index (χ2v) is 5.43. The Morgan fingerprint density at radius 2 is 1.90 bits per heavy atom. The monoisotopic (exact) mass is 285 g/mol. The highest BCUT2D eigenvalue weighted by Gasteiger charge is 2.16. The minimum absolute atomic E-state index is 0.0665. The van der Waals surface area contributed by atoms with Crippen molar-refractivity contribution in [3.8, 4) is 11.5 Å². The van der Waals surface area contributed by atoms with Gasteiger partial charge in [-0.1, -0.05) is 26.0 Å². The van der Waals surface area contributed by atoms with Gasteiger partial charge in [-0.25, -0.2) is 4.79 Å². The fraction of sp³-hybridized carbons (Fsp3) is 0.294. The first-order chi connectivity index (χ1) is 9.88. The Balaban J connectivity index is 2.49. The van der Waals surface area contributed by atoms with Crippen LogP contribution in [0.4, 0.5) is 0 Å². The number of carboxylic acids is 1. The summed E-state index contributed by atoms with van der Waals surface area (Å²) in [6.45, 7) is 7.94. The van der Waals surface area contributed by atoms with E-state index in [1.807, 2.05) is 25.1 Å². The lowest BCUT2D eigenvalue weighted by Crippen LogP contribution is -2.03. The van der Waals surface area contributed by atoms with Crippen LogP contribution < -0.4 is 4.74 Å². The third-order valence-electron chi connectivity index (χ3n) is 3.24. The zero-order valence-corrected chi connectivity index (χ0v) is 12.7. The molecule has 4 nitrogen and oxygen atoms in total. The molecule has 1 heterocycles. The lowest BCUT2D eigenvalue weighted by atomic mass is 10.0. The van der Waals surface area contributed by atoms with Crippen LogP contribution in [0.25, 0.3) is 0 Å². The van der Waals surface area contributed by atoms with E-state index in [1.54, 1.807) is 13.0 Å². The molecule has 0 aliphatic carbocycles. The van der Waals surface area contributed by atoms with Crippen molar-refractivity contribution < 1.29 is 14.6 Å². The number of hydrogen-bond acceptors (Lipinski definition) is 3. The summed E-state index contributed by atoms with van der Waals surface area (Å²) in [5.74, 6) is 0.258. The Morgan fingerprint density at radius 3 is 2.52 bits per heavy atom. The summed E-state index contributed by atoms with van der Waals surface area (Å²) in [7, 11) is 0. The van der Waals surface area contributed by atoms with Crippen molar-refractivity contribution in [2.45, 2.75) is 33.6 Å². The molecule has 4 heteroatoms. The Hall–Kier alpha value is -2.36. The largest absolute Gasteiger partial charge is 0.477 e. The summed E-state index contributed by atoms with van der Waals surface area (Å²) < 4.78 is 5.90. The smallest absolute Gasteiger partial charge is 0.341 e. The molecule has 21 heavy (non-hydrogen) atoms. The van der Waals surface area contributed by atoms with Crippen LogP contribution in [0.2, 0.25) is 0 Å². The minimum atomic E-state index is -1.05. The second-order valence-electron chi connectivity index (χ2n) is 5.43. The van der Waals surface area contributed by atoms with Gasteiger partial charge in [-0.05, 0) is 37.0 Å². The number of hydrogen-bond donors (Lipinski definition) is 1. The van der Waals surface area contributed by atoms with Crippen LogP contribution >= 0.6 is 0 Å². The number of rotatable bonds is 4. The highest BCUT2D eigenvalue weighted by atomic mass is 16.5. The lowest BCUT2D eigenvalue weighted by Gasteiger charge is -2.16. The highest BCUT2D eigenvalue weighted by Crippen LogP contribution is 2.33. The van der Waals surface area contributed by atoms with E-state index >= 15 is 0 Å². The molecule has 0 atom stereocenters. The van der Waals surface area contributed by atoms with Crippen molar-refractivity contribution in [3.05, 3.63) is 52.8 Å². The molecule has 0 amide bonds. The van der Waals surface area contributed by atoms with Gasteiger partial charge in [-0.2, -0.15) is 0 Å². The second kappa shape index (κ2) is 5.95. The zero-order valence-electron chi connectivity index (χ0n) is 12.7. The van der Waals surface area contributed by atoms with Gasteiger partial charge in [-0.3, -0.25) is 4.98 Å². The molecule has 0 saturated heterocycles. The Bertz CT molecular complexity index is 678. The average Bonchev–Trinajstić information content (AvgIpc) is 2.38. The first-order valence-corrected chi connectivity index (χ1v) is 6.87. The van der Waals surface area contributed by atoms with Crippen LogP contribution in [0.1, 0.15) is 46.9 Å². The maximum atomic E-state index is 11.3. The normalized spacial score (nSPS) is 10.7. The van der Waals surface area contributed by atoms with Crippen molar-refractivity contribution in [1.82, 2.24) is 4.98 Å². The van der Waals surface area contributed by atoms with Gasteiger partial charge in [0.25, 0.3) is 0 Å². The van der Waals surface area contributed by atoms with E-state index in [2.05, 4.69) is 18.8 Å². The van der Waals surface area contributed by atoms with Crippen LogP contribution in [-0.2, 0) is 0 Å². The number of aromatic carboxylic acids is 1. The van der Waals surface area contributed by atoms with E-state index in [0.29, 0.717) is 17.2 Å². The standard InChI is InChI=1S/C17H19NO3/c1-10(2)13-6-5-11(3)7-15(13)21-16-8-12(4)18-9-14(16)17(19)20/h5-10H,1-4H3,(H,19,20). The summed E-state index contributed by atoms with van der Waals surface area (Å²) in [6.07, 6.45) is 1.33. The first kappa shape index (κ1) is 15.0. The Morgan fingerprint density at radius 1 is 1.19 bits per heavy atom. The van der Waals surface area contributed by atoms with Gasteiger partial charge >= 0.3 is 5.97 Å².